The first-order chi connectivity index (χ1) is 9.06. The van der Waals surface area contributed by atoms with Gasteiger partial charge in [-0.3, -0.25) is 9.59 Å². The van der Waals surface area contributed by atoms with Crippen molar-refractivity contribution in [2.75, 3.05) is 18.2 Å². The highest BCUT2D eigenvalue weighted by molar-refractivity contribution is 9.10. The van der Waals surface area contributed by atoms with Crippen molar-refractivity contribution in [3.8, 4) is 0 Å². The van der Waals surface area contributed by atoms with Gasteiger partial charge >= 0.3 is 0 Å². The van der Waals surface area contributed by atoms with Gasteiger partial charge in [0.15, 0.2) is 0 Å². The molecule has 0 saturated carbocycles. The van der Waals surface area contributed by atoms with E-state index in [1.807, 2.05) is 0 Å². The Bertz CT molecular complexity index is 513. The average molecular weight is 347 g/mol. The molecule has 0 aliphatic carbocycles. The van der Waals surface area contributed by atoms with Gasteiger partial charge in [-0.05, 0) is 23.8 Å². The lowest BCUT2D eigenvalue weighted by molar-refractivity contribution is -0.132. The molecule has 0 atom stereocenters. The summed E-state index contributed by atoms with van der Waals surface area (Å²) in [5.74, 6) is 0.371. The number of nitrogens with zero attached hydrogens (tertiary/aromatic N) is 1. The van der Waals surface area contributed by atoms with Gasteiger partial charge < -0.3 is 10.2 Å². The molecule has 1 saturated heterocycles. The van der Waals surface area contributed by atoms with Crippen LogP contribution in [0.25, 0.3) is 0 Å². The minimum Gasteiger partial charge on any atom is -0.350 e. The Morgan fingerprint density at radius 2 is 2.32 bits per heavy atom. The van der Waals surface area contributed by atoms with Gasteiger partial charge in [0.1, 0.15) is 12.4 Å². The molecule has 1 aliphatic rings. The summed E-state index contributed by atoms with van der Waals surface area (Å²) in [5, 5.41) is 2.68. The van der Waals surface area contributed by atoms with Crippen molar-refractivity contribution in [1.82, 2.24) is 10.2 Å². The molecule has 0 unspecified atom stereocenters. The number of hydrogen-bond acceptors (Lipinski definition) is 3. The molecule has 1 heterocycles. The van der Waals surface area contributed by atoms with Crippen molar-refractivity contribution in [2.45, 2.75) is 6.54 Å². The van der Waals surface area contributed by atoms with Gasteiger partial charge in [0.05, 0.1) is 11.6 Å². The highest BCUT2D eigenvalue weighted by Crippen LogP contribution is 2.18. The topological polar surface area (TPSA) is 49.4 Å². The summed E-state index contributed by atoms with van der Waals surface area (Å²) in [6.07, 6.45) is 0. The van der Waals surface area contributed by atoms with Crippen LogP contribution in [0.5, 0.6) is 0 Å². The summed E-state index contributed by atoms with van der Waals surface area (Å²) >= 11 is 4.78. The second kappa shape index (κ2) is 6.38. The van der Waals surface area contributed by atoms with Crippen LogP contribution in [0.4, 0.5) is 4.39 Å². The minimum atomic E-state index is -0.349. The Hall–Kier alpha value is -1.08. The first-order valence-corrected chi connectivity index (χ1v) is 7.57. The van der Waals surface area contributed by atoms with E-state index in [0.29, 0.717) is 17.2 Å². The van der Waals surface area contributed by atoms with Gasteiger partial charge in [-0.1, -0.05) is 15.9 Å². The summed E-state index contributed by atoms with van der Waals surface area (Å²) in [5.41, 5.74) is 0.662. The maximum absolute atomic E-state index is 13.1. The summed E-state index contributed by atoms with van der Waals surface area (Å²) in [4.78, 5) is 24.5. The fourth-order valence-electron chi connectivity index (χ4n) is 1.64. The van der Waals surface area contributed by atoms with E-state index in [-0.39, 0.29) is 30.7 Å². The third-order valence-electron chi connectivity index (χ3n) is 2.64. The molecule has 4 nitrogen and oxygen atoms in total. The molecule has 2 rings (SSSR count). The number of nitrogens with one attached hydrogen (secondary N) is 1. The quantitative estimate of drug-likeness (QED) is 0.903. The Morgan fingerprint density at radius 3 is 3.00 bits per heavy atom. The lowest BCUT2D eigenvalue weighted by Gasteiger charge is -2.14. The summed E-state index contributed by atoms with van der Waals surface area (Å²) in [6, 6.07) is 4.30. The molecular weight excluding hydrogens is 335 g/mol. The highest BCUT2D eigenvalue weighted by Gasteiger charge is 2.22. The van der Waals surface area contributed by atoms with Crippen LogP contribution in [0.15, 0.2) is 22.7 Å². The van der Waals surface area contributed by atoms with Gasteiger partial charge in [-0.15, -0.1) is 11.8 Å². The molecular formula is C12H12BrFN2O2S. The maximum atomic E-state index is 13.1. The molecule has 0 spiro atoms. The molecule has 7 heteroatoms. The monoisotopic (exact) mass is 346 g/mol. The third kappa shape index (κ3) is 3.94. The van der Waals surface area contributed by atoms with E-state index in [1.54, 1.807) is 6.07 Å². The van der Waals surface area contributed by atoms with Crippen LogP contribution in [0.1, 0.15) is 5.56 Å². The zero-order chi connectivity index (χ0) is 13.8. The van der Waals surface area contributed by atoms with Gasteiger partial charge in [0.2, 0.25) is 11.8 Å². The lowest BCUT2D eigenvalue weighted by Crippen LogP contribution is -2.37. The predicted molar refractivity (Wildman–Crippen MR) is 75.0 cm³/mol. The van der Waals surface area contributed by atoms with E-state index in [4.69, 9.17) is 0 Å². The maximum Gasteiger partial charge on any atom is 0.239 e. The van der Waals surface area contributed by atoms with Gasteiger partial charge in [0.25, 0.3) is 0 Å². The second-order valence-corrected chi connectivity index (χ2v) is 5.89. The van der Waals surface area contributed by atoms with Crippen LogP contribution in [0, 0.1) is 5.82 Å². The fraction of sp³-hybridized carbons (Fsp3) is 0.333. The van der Waals surface area contributed by atoms with Crippen LogP contribution in [0.3, 0.4) is 0 Å². The summed E-state index contributed by atoms with van der Waals surface area (Å²) < 4.78 is 13.8. The average Bonchev–Trinajstić information content (AvgIpc) is 2.76. The van der Waals surface area contributed by atoms with Crippen LogP contribution in [-0.4, -0.2) is 34.9 Å². The molecule has 0 aromatic heterocycles. The molecule has 19 heavy (non-hydrogen) atoms. The summed E-state index contributed by atoms with van der Waals surface area (Å²) in [6.45, 7) is 0.283. The van der Waals surface area contributed by atoms with Crippen molar-refractivity contribution >= 4 is 39.5 Å². The van der Waals surface area contributed by atoms with Crippen LogP contribution in [0.2, 0.25) is 0 Å². The molecule has 0 bridgehead atoms. The number of amides is 2. The number of benzene rings is 1. The number of carbonyl (C=O) groups excluding carboxylic acids is 2. The predicted octanol–water partition coefficient (Wildman–Crippen LogP) is 1.74. The van der Waals surface area contributed by atoms with Crippen molar-refractivity contribution < 1.29 is 14.0 Å². The molecule has 1 aliphatic heterocycles. The first kappa shape index (κ1) is 14.3. The number of rotatable bonds is 4. The van der Waals surface area contributed by atoms with Crippen molar-refractivity contribution in [1.29, 1.82) is 0 Å². The molecule has 1 fully saturated rings. The van der Waals surface area contributed by atoms with Crippen molar-refractivity contribution in [2.24, 2.45) is 0 Å². The van der Waals surface area contributed by atoms with Crippen molar-refractivity contribution in [3.05, 3.63) is 34.1 Å². The Labute approximate surface area is 122 Å². The minimum absolute atomic E-state index is 0.0212. The van der Waals surface area contributed by atoms with Gasteiger partial charge in [-0.25, -0.2) is 4.39 Å². The molecule has 2 amide bonds. The number of carbonyl (C=O) groups is 2. The third-order valence-corrected chi connectivity index (χ3v) is 4.36. The van der Waals surface area contributed by atoms with Gasteiger partial charge in [-0.2, -0.15) is 0 Å². The lowest BCUT2D eigenvalue weighted by atomic mass is 10.2. The molecule has 1 N–H and O–H groups in total. The largest absolute Gasteiger partial charge is 0.350 e. The standard InChI is InChI=1S/C12H12BrFN2O2S/c13-10-2-1-9(14)3-8(10)4-15-11(17)5-16-7-19-6-12(16)18/h1-3H,4-7H2,(H,15,17). The Balaban J connectivity index is 1.86. The summed E-state index contributed by atoms with van der Waals surface area (Å²) in [7, 11) is 0. The molecule has 1 aromatic rings. The van der Waals surface area contributed by atoms with Crippen LogP contribution >= 0.6 is 27.7 Å². The SMILES string of the molecule is O=C(CN1CSCC1=O)NCc1cc(F)ccc1Br. The zero-order valence-corrected chi connectivity index (χ0v) is 12.4. The fourth-order valence-corrected chi connectivity index (χ4v) is 2.93. The molecule has 1 aromatic carbocycles. The first-order valence-electron chi connectivity index (χ1n) is 5.62. The highest BCUT2D eigenvalue weighted by atomic mass is 79.9. The number of halogens is 2. The molecule has 0 radical (unpaired) electrons. The second-order valence-electron chi connectivity index (χ2n) is 4.08. The van der Waals surface area contributed by atoms with E-state index in [9.17, 15) is 14.0 Å². The zero-order valence-electron chi connectivity index (χ0n) is 9.99. The van der Waals surface area contributed by atoms with Crippen molar-refractivity contribution in [3.63, 3.8) is 0 Å². The Morgan fingerprint density at radius 1 is 1.53 bits per heavy atom. The van der Waals surface area contributed by atoms with E-state index >= 15 is 0 Å². The smallest absolute Gasteiger partial charge is 0.239 e. The normalized spacial score (nSPS) is 14.8. The van der Waals surface area contributed by atoms with Gasteiger partial charge in [0, 0.05) is 11.0 Å². The number of thioether (sulfide) groups is 1. The van der Waals surface area contributed by atoms with Crippen LogP contribution < -0.4 is 5.32 Å². The molecule has 102 valence electrons. The van der Waals surface area contributed by atoms with Crippen LogP contribution in [-0.2, 0) is 16.1 Å². The van der Waals surface area contributed by atoms with E-state index in [0.717, 1.165) is 4.47 Å². The van der Waals surface area contributed by atoms with E-state index in [1.165, 1.54) is 28.8 Å². The Kier molecular flexibility index (Phi) is 4.81. The van der Waals surface area contributed by atoms with E-state index < -0.39 is 0 Å². The van der Waals surface area contributed by atoms with E-state index in [2.05, 4.69) is 21.2 Å². The number of hydrogen-bond donors (Lipinski definition) is 1.